The van der Waals surface area contributed by atoms with E-state index in [9.17, 15) is 4.39 Å². The number of hydrogen-bond donors (Lipinski definition) is 1. The number of ether oxygens (including phenoxy) is 1. The number of aromatic nitrogens is 3. The van der Waals surface area contributed by atoms with Crippen molar-refractivity contribution in [1.29, 1.82) is 0 Å². The second kappa shape index (κ2) is 6.22. The highest BCUT2D eigenvalue weighted by molar-refractivity contribution is 5.35. The Hall–Kier alpha value is -1.95. The van der Waals surface area contributed by atoms with Gasteiger partial charge in [-0.05, 0) is 26.8 Å². The van der Waals surface area contributed by atoms with E-state index in [0.29, 0.717) is 12.4 Å². The van der Waals surface area contributed by atoms with E-state index in [1.54, 1.807) is 17.0 Å². The summed E-state index contributed by atoms with van der Waals surface area (Å²) in [6.45, 7) is 6.90. The second-order valence-corrected chi connectivity index (χ2v) is 5.98. The van der Waals surface area contributed by atoms with Gasteiger partial charge in [-0.15, -0.1) is 10.2 Å². The quantitative estimate of drug-likeness (QED) is 0.919. The molecule has 0 saturated carbocycles. The van der Waals surface area contributed by atoms with Crippen molar-refractivity contribution in [1.82, 2.24) is 20.1 Å². The van der Waals surface area contributed by atoms with E-state index < -0.39 is 0 Å². The Morgan fingerprint density at radius 1 is 1.33 bits per heavy atom. The average Bonchev–Trinajstić information content (AvgIpc) is 2.80. The number of hydrogen-bond acceptors (Lipinski definition) is 4. The Kier molecular flexibility index (Phi) is 4.57. The van der Waals surface area contributed by atoms with Crippen LogP contribution in [0.3, 0.4) is 0 Å². The van der Waals surface area contributed by atoms with Crippen molar-refractivity contribution in [2.24, 2.45) is 7.05 Å². The maximum Gasteiger partial charge on any atom is 0.170 e. The van der Waals surface area contributed by atoms with Crippen LogP contribution in [0.2, 0.25) is 0 Å². The summed E-state index contributed by atoms with van der Waals surface area (Å²) in [6, 6.07) is 4.94. The molecule has 0 bridgehead atoms. The molecule has 0 saturated heterocycles. The molecule has 114 valence electrons. The molecular formula is C15H21FN4O. The molecular weight excluding hydrogens is 271 g/mol. The first-order valence-corrected chi connectivity index (χ1v) is 6.85. The van der Waals surface area contributed by atoms with Gasteiger partial charge in [0.15, 0.2) is 17.4 Å². The van der Waals surface area contributed by atoms with Crippen LogP contribution < -0.4 is 10.1 Å². The topological polar surface area (TPSA) is 52.0 Å². The lowest BCUT2D eigenvalue weighted by Gasteiger charge is -2.21. The van der Waals surface area contributed by atoms with E-state index in [2.05, 4.69) is 36.3 Å². The smallest absolute Gasteiger partial charge is 0.170 e. The summed E-state index contributed by atoms with van der Waals surface area (Å²) >= 11 is 0. The van der Waals surface area contributed by atoms with E-state index in [1.165, 1.54) is 6.07 Å². The van der Waals surface area contributed by atoms with Gasteiger partial charge in [0, 0.05) is 24.7 Å². The van der Waals surface area contributed by atoms with Crippen LogP contribution in [0, 0.1) is 5.82 Å². The van der Waals surface area contributed by atoms with Crippen molar-refractivity contribution in [3.63, 3.8) is 0 Å². The van der Waals surface area contributed by atoms with Crippen LogP contribution in [0.1, 0.15) is 32.2 Å². The monoisotopic (exact) mass is 292 g/mol. The molecule has 0 fully saturated rings. The Balaban J connectivity index is 2.12. The highest BCUT2D eigenvalue weighted by Gasteiger charge is 2.14. The van der Waals surface area contributed by atoms with Gasteiger partial charge in [0.1, 0.15) is 12.9 Å². The van der Waals surface area contributed by atoms with Crippen LogP contribution in [-0.2, 0) is 20.2 Å². The Morgan fingerprint density at radius 2 is 2.10 bits per heavy atom. The molecule has 1 aromatic heterocycles. The minimum absolute atomic E-state index is 0.0484. The standard InChI is InChI=1S/C15H21FN4O/c1-15(2,3)17-8-11-6-5-7-12(16)14(11)21-9-13-19-18-10-20(13)4/h5-7,10,17H,8-9H2,1-4H3. The number of halogens is 1. The number of nitrogens with one attached hydrogen (secondary N) is 1. The summed E-state index contributed by atoms with van der Waals surface area (Å²) in [7, 11) is 1.82. The minimum atomic E-state index is -0.370. The molecule has 0 atom stereocenters. The number of rotatable bonds is 5. The lowest BCUT2D eigenvalue weighted by molar-refractivity contribution is 0.271. The van der Waals surface area contributed by atoms with Crippen LogP contribution in [0.15, 0.2) is 24.5 Å². The van der Waals surface area contributed by atoms with Crippen LogP contribution in [-0.4, -0.2) is 20.3 Å². The third-order valence-corrected chi connectivity index (χ3v) is 3.01. The zero-order valence-corrected chi connectivity index (χ0v) is 12.9. The molecule has 1 N–H and O–H groups in total. The van der Waals surface area contributed by atoms with Crippen molar-refractivity contribution >= 4 is 0 Å². The van der Waals surface area contributed by atoms with Gasteiger partial charge in [0.05, 0.1) is 0 Å². The summed E-state index contributed by atoms with van der Waals surface area (Å²) in [5, 5.41) is 11.0. The molecule has 1 heterocycles. The van der Waals surface area contributed by atoms with E-state index in [4.69, 9.17) is 4.74 Å². The molecule has 2 rings (SSSR count). The number of nitrogens with zero attached hydrogens (tertiary/aromatic N) is 3. The minimum Gasteiger partial charge on any atom is -0.482 e. The molecule has 2 aromatic rings. The molecule has 0 unspecified atom stereocenters. The molecule has 0 radical (unpaired) electrons. The normalized spacial score (nSPS) is 11.7. The van der Waals surface area contributed by atoms with E-state index in [-0.39, 0.29) is 23.7 Å². The molecule has 0 spiro atoms. The van der Waals surface area contributed by atoms with E-state index in [0.717, 1.165) is 5.56 Å². The lowest BCUT2D eigenvalue weighted by atomic mass is 10.1. The Bertz CT molecular complexity index is 604. The average molecular weight is 292 g/mol. The van der Waals surface area contributed by atoms with Crippen molar-refractivity contribution in [3.8, 4) is 5.75 Å². The van der Waals surface area contributed by atoms with Crippen molar-refractivity contribution < 1.29 is 9.13 Å². The molecule has 5 nitrogen and oxygen atoms in total. The third-order valence-electron chi connectivity index (χ3n) is 3.01. The van der Waals surface area contributed by atoms with Gasteiger partial charge in [-0.25, -0.2) is 4.39 Å². The van der Waals surface area contributed by atoms with Crippen LogP contribution >= 0.6 is 0 Å². The molecule has 21 heavy (non-hydrogen) atoms. The van der Waals surface area contributed by atoms with E-state index >= 15 is 0 Å². The molecule has 0 aliphatic heterocycles. The second-order valence-electron chi connectivity index (χ2n) is 5.98. The predicted molar refractivity (Wildman–Crippen MR) is 78.3 cm³/mol. The van der Waals surface area contributed by atoms with E-state index in [1.807, 2.05) is 13.1 Å². The Morgan fingerprint density at radius 3 is 2.71 bits per heavy atom. The van der Waals surface area contributed by atoms with Gasteiger partial charge < -0.3 is 14.6 Å². The van der Waals surface area contributed by atoms with Gasteiger partial charge in [-0.1, -0.05) is 12.1 Å². The number of benzene rings is 1. The lowest BCUT2D eigenvalue weighted by Crippen LogP contribution is -2.35. The number of para-hydroxylation sites is 1. The van der Waals surface area contributed by atoms with Gasteiger partial charge in [-0.3, -0.25) is 0 Å². The first-order chi connectivity index (χ1) is 9.87. The highest BCUT2D eigenvalue weighted by Crippen LogP contribution is 2.24. The molecule has 0 aliphatic rings. The first kappa shape index (κ1) is 15.4. The summed E-state index contributed by atoms with van der Waals surface area (Å²) in [6.07, 6.45) is 1.59. The van der Waals surface area contributed by atoms with Gasteiger partial charge >= 0.3 is 0 Å². The molecule has 0 amide bonds. The summed E-state index contributed by atoms with van der Waals surface area (Å²) in [5.41, 5.74) is 0.736. The molecule has 0 aliphatic carbocycles. The number of aryl methyl sites for hydroxylation is 1. The zero-order chi connectivity index (χ0) is 15.5. The predicted octanol–water partition coefficient (Wildman–Crippen LogP) is 2.42. The maximum atomic E-state index is 14.0. The van der Waals surface area contributed by atoms with Gasteiger partial charge in [-0.2, -0.15) is 0 Å². The maximum absolute atomic E-state index is 14.0. The Labute approximate surface area is 124 Å². The fourth-order valence-electron chi connectivity index (χ4n) is 1.79. The molecule has 6 heteroatoms. The largest absolute Gasteiger partial charge is 0.482 e. The fourth-order valence-corrected chi connectivity index (χ4v) is 1.79. The highest BCUT2D eigenvalue weighted by atomic mass is 19.1. The molecule has 1 aromatic carbocycles. The van der Waals surface area contributed by atoms with Crippen LogP contribution in [0.4, 0.5) is 4.39 Å². The van der Waals surface area contributed by atoms with Crippen LogP contribution in [0.25, 0.3) is 0 Å². The summed E-state index contributed by atoms with van der Waals surface area (Å²) in [4.78, 5) is 0. The first-order valence-electron chi connectivity index (χ1n) is 6.85. The van der Waals surface area contributed by atoms with Crippen molar-refractivity contribution in [3.05, 3.63) is 41.7 Å². The van der Waals surface area contributed by atoms with Crippen molar-refractivity contribution in [2.45, 2.75) is 39.5 Å². The van der Waals surface area contributed by atoms with Gasteiger partial charge in [0.2, 0.25) is 0 Å². The van der Waals surface area contributed by atoms with Crippen molar-refractivity contribution in [2.75, 3.05) is 0 Å². The zero-order valence-electron chi connectivity index (χ0n) is 12.9. The summed E-state index contributed by atoms with van der Waals surface area (Å²) < 4.78 is 21.4. The fraction of sp³-hybridized carbons (Fsp3) is 0.467. The third kappa shape index (κ3) is 4.26. The SMILES string of the molecule is Cn1cnnc1COc1c(F)cccc1CNC(C)(C)C. The van der Waals surface area contributed by atoms with Crippen LogP contribution in [0.5, 0.6) is 5.75 Å². The van der Waals surface area contributed by atoms with Gasteiger partial charge in [0.25, 0.3) is 0 Å². The summed E-state index contributed by atoms with van der Waals surface area (Å²) in [5.74, 6) is 0.538.